The van der Waals surface area contributed by atoms with Gasteiger partial charge in [0.25, 0.3) is 5.91 Å². The standard InChI is InChI=1S/C13H10Cl2F3N3O/c1-20(2)12(22)8-6-19-21(11(8)13(16,17)18)10-4-3-7(14)5-9(10)15/h3-6H,1-2H3. The zero-order valence-corrected chi connectivity index (χ0v) is 13.0. The van der Waals surface area contributed by atoms with Crippen molar-refractivity contribution in [1.29, 1.82) is 0 Å². The van der Waals surface area contributed by atoms with E-state index in [1.165, 1.54) is 32.3 Å². The monoisotopic (exact) mass is 351 g/mol. The first-order valence-corrected chi connectivity index (χ1v) is 6.71. The summed E-state index contributed by atoms with van der Waals surface area (Å²) in [6.07, 6.45) is -3.91. The summed E-state index contributed by atoms with van der Waals surface area (Å²) in [5.41, 5.74) is -1.75. The van der Waals surface area contributed by atoms with Crippen LogP contribution in [-0.4, -0.2) is 34.7 Å². The van der Waals surface area contributed by atoms with Gasteiger partial charge in [0.2, 0.25) is 0 Å². The zero-order valence-electron chi connectivity index (χ0n) is 11.4. The van der Waals surface area contributed by atoms with E-state index in [4.69, 9.17) is 23.2 Å². The van der Waals surface area contributed by atoms with Gasteiger partial charge in [-0.2, -0.15) is 18.3 Å². The van der Waals surface area contributed by atoms with Gasteiger partial charge in [0.15, 0.2) is 5.69 Å². The molecule has 0 N–H and O–H groups in total. The largest absolute Gasteiger partial charge is 0.434 e. The molecule has 1 heterocycles. The van der Waals surface area contributed by atoms with Crippen LogP contribution < -0.4 is 0 Å². The smallest absolute Gasteiger partial charge is 0.345 e. The Kier molecular flexibility index (Phi) is 4.39. The topological polar surface area (TPSA) is 38.1 Å². The molecule has 0 unspecified atom stereocenters. The minimum Gasteiger partial charge on any atom is -0.345 e. The fraction of sp³-hybridized carbons (Fsp3) is 0.231. The summed E-state index contributed by atoms with van der Waals surface area (Å²) >= 11 is 11.7. The highest BCUT2D eigenvalue weighted by molar-refractivity contribution is 6.35. The molecule has 22 heavy (non-hydrogen) atoms. The van der Waals surface area contributed by atoms with Crippen molar-refractivity contribution in [1.82, 2.24) is 14.7 Å². The third-order valence-electron chi connectivity index (χ3n) is 2.81. The number of hydrogen-bond donors (Lipinski definition) is 0. The fourth-order valence-electron chi connectivity index (χ4n) is 1.85. The van der Waals surface area contributed by atoms with Crippen molar-refractivity contribution >= 4 is 29.1 Å². The van der Waals surface area contributed by atoms with E-state index in [1.807, 2.05) is 0 Å². The molecule has 0 fully saturated rings. The molecular weight excluding hydrogens is 342 g/mol. The lowest BCUT2D eigenvalue weighted by atomic mass is 10.2. The normalized spacial score (nSPS) is 11.6. The highest BCUT2D eigenvalue weighted by atomic mass is 35.5. The molecule has 118 valence electrons. The Bertz CT molecular complexity index is 726. The van der Waals surface area contributed by atoms with Crippen LogP contribution in [0.25, 0.3) is 5.69 Å². The van der Waals surface area contributed by atoms with Crippen molar-refractivity contribution in [3.8, 4) is 5.69 Å². The van der Waals surface area contributed by atoms with Gasteiger partial charge in [0.05, 0.1) is 22.5 Å². The Balaban J connectivity index is 2.70. The van der Waals surface area contributed by atoms with E-state index in [1.54, 1.807) is 0 Å². The van der Waals surface area contributed by atoms with Crippen molar-refractivity contribution in [2.45, 2.75) is 6.18 Å². The molecule has 2 aromatic rings. The summed E-state index contributed by atoms with van der Waals surface area (Å²) < 4.78 is 40.7. The van der Waals surface area contributed by atoms with Crippen LogP contribution in [0.1, 0.15) is 16.1 Å². The number of carbonyl (C=O) groups is 1. The Morgan fingerprint density at radius 2 is 1.91 bits per heavy atom. The molecule has 0 atom stereocenters. The van der Waals surface area contributed by atoms with E-state index < -0.39 is 23.3 Å². The third kappa shape index (κ3) is 3.05. The minimum atomic E-state index is -4.78. The molecule has 0 saturated carbocycles. The molecule has 0 aliphatic heterocycles. The van der Waals surface area contributed by atoms with Gasteiger partial charge in [0, 0.05) is 19.1 Å². The van der Waals surface area contributed by atoms with Crippen LogP contribution in [0, 0.1) is 0 Å². The quantitative estimate of drug-likeness (QED) is 0.822. The number of carbonyl (C=O) groups excluding carboxylic acids is 1. The average Bonchev–Trinajstić information content (AvgIpc) is 2.82. The lowest BCUT2D eigenvalue weighted by Crippen LogP contribution is -2.25. The van der Waals surface area contributed by atoms with Crippen molar-refractivity contribution in [3.63, 3.8) is 0 Å². The summed E-state index contributed by atoms with van der Waals surface area (Å²) in [7, 11) is 2.71. The first kappa shape index (κ1) is 16.6. The Morgan fingerprint density at radius 3 is 2.41 bits per heavy atom. The highest BCUT2D eigenvalue weighted by Crippen LogP contribution is 2.35. The van der Waals surface area contributed by atoms with Gasteiger partial charge in [-0.3, -0.25) is 4.79 Å². The predicted octanol–water partition coefficient (Wildman–Crippen LogP) is 3.90. The van der Waals surface area contributed by atoms with Crippen LogP contribution >= 0.6 is 23.2 Å². The van der Waals surface area contributed by atoms with Crippen molar-refractivity contribution in [3.05, 3.63) is 45.7 Å². The molecule has 4 nitrogen and oxygen atoms in total. The number of alkyl halides is 3. The molecule has 1 aromatic heterocycles. The number of aromatic nitrogens is 2. The number of rotatable bonds is 2. The molecule has 1 aromatic carbocycles. The molecule has 0 spiro atoms. The number of hydrogen-bond acceptors (Lipinski definition) is 2. The lowest BCUT2D eigenvalue weighted by Gasteiger charge is -2.15. The Hall–Kier alpha value is -1.73. The van der Waals surface area contributed by atoms with Crippen LogP contribution in [-0.2, 0) is 6.18 Å². The molecule has 0 radical (unpaired) electrons. The average molecular weight is 352 g/mol. The second-order valence-corrected chi connectivity index (χ2v) is 5.46. The van der Waals surface area contributed by atoms with E-state index in [9.17, 15) is 18.0 Å². The Labute approximate surface area is 134 Å². The highest BCUT2D eigenvalue weighted by Gasteiger charge is 2.41. The van der Waals surface area contributed by atoms with Gasteiger partial charge >= 0.3 is 6.18 Å². The number of amides is 1. The summed E-state index contributed by atoms with van der Waals surface area (Å²) in [5.74, 6) is -0.802. The maximum atomic E-state index is 13.4. The van der Waals surface area contributed by atoms with E-state index in [0.29, 0.717) is 4.68 Å². The minimum absolute atomic E-state index is 0.00930. The van der Waals surface area contributed by atoms with Crippen LogP contribution in [0.2, 0.25) is 10.0 Å². The summed E-state index contributed by atoms with van der Waals surface area (Å²) in [6, 6.07) is 3.99. The lowest BCUT2D eigenvalue weighted by molar-refractivity contribution is -0.143. The maximum absolute atomic E-state index is 13.4. The number of halogens is 5. The molecule has 9 heteroatoms. The van der Waals surface area contributed by atoms with Crippen molar-refractivity contribution < 1.29 is 18.0 Å². The molecule has 0 aliphatic rings. The van der Waals surface area contributed by atoms with E-state index in [-0.39, 0.29) is 15.7 Å². The summed E-state index contributed by atoms with van der Waals surface area (Å²) in [5, 5.41) is 3.94. The maximum Gasteiger partial charge on any atom is 0.434 e. The van der Waals surface area contributed by atoms with Crippen molar-refractivity contribution in [2.75, 3.05) is 14.1 Å². The zero-order chi connectivity index (χ0) is 16.7. The fourth-order valence-corrected chi connectivity index (χ4v) is 2.34. The molecule has 0 aliphatic carbocycles. The Morgan fingerprint density at radius 1 is 1.27 bits per heavy atom. The van der Waals surface area contributed by atoms with Gasteiger partial charge in [0.1, 0.15) is 0 Å². The molecule has 0 bridgehead atoms. The van der Waals surface area contributed by atoms with E-state index in [2.05, 4.69) is 5.10 Å². The van der Waals surface area contributed by atoms with Crippen LogP contribution in [0.4, 0.5) is 13.2 Å². The summed E-state index contributed by atoms with van der Waals surface area (Å²) in [4.78, 5) is 13.0. The second-order valence-electron chi connectivity index (χ2n) is 4.61. The third-order valence-corrected chi connectivity index (χ3v) is 3.35. The van der Waals surface area contributed by atoms with Gasteiger partial charge < -0.3 is 4.90 Å². The van der Waals surface area contributed by atoms with Gasteiger partial charge in [-0.15, -0.1) is 0 Å². The number of benzene rings is 1. The molecule has 0 saturated heterocycles. The van der Waals surface area contributed by atoms with Gasteiger partial charge in [-0.25, -0.2) is 4.68 Å². The molecule has 2 rings (SSSR count). The van der Waals surface area contributed by atoms with Crippen LogP contribution in [0.15, 0.2) is 24.4 Å². The predicted molar refractivity (Wildman–Crippen MR) is 76.6 cm³/mol. The van der Waals surface area contributed by atoms with Crippen molar-refractivity contribution in [2.24, 2.45) is 0 Å². The second kappa shape index (κ2) is 5.81. The molecule has 1 amide bonds. The molecular formula is C13H10Cl2F3N3O. The SMILES string of the molecule is CN(C)C(=O)c1cnn(-c2ccc(Cl)cc2Cl)c1C(F)(F)F. The first-order chi connectivity index (χ1) is 10.1. The van der Waals surface area contributed by atoms with Gasteiger partial charge in [-0.05, 0) is 18.2 Å². The van der Waals surface area contributed by atoms with Gasteiger partial charge in [-0.1, -0.05) is 23.2 Å². The summed E-state index contributed by atoms with van der Waals surface area (Å²) in [6.45, 7) is 0. The number of nitrogens with zero attached hydrogens (tertiary/aromatic N) is 3. The van der Waals surface area contributed by atoms with Crippen LogP contribution in [0.3, 0.4) is 0 Å². The van der Waals surface area contributed by atoms with Crippen LogP contribution in [0.5, 0.6) is 0 Å². The van der Waals surface area contributed by atoms with E-state index in [0.717, 1.165) is 11.1 Å². The first-order valence-electron chi connectivity index (χ1n) is 5.95. The van der Waals surface area contributed by atoms with E-state index >= 15 is 0 Å².